The number of aromatic nitrogens is 2. The van der Waals surface area contributed by atoms with Crippen molar-refractivity contribution in [3.8, 4) is 0 Å². The van der Waals surface area contributed by atoms with Crippen LogP contribution in [0.4, 0.5) is 24.8 Å². The van der Waals surface area contributed by atoms with Crippen LogP contribution in [0.15, 0.2) is 54.7 Å². The normalized spacial score (nSPS) is 15.0. The highest BCUT2D eigenvalue weighted by Gasteiger charge is 2.35. The van der Waals surface area contributed by atoms with Crippen molar-refractivity contribution >= 4 is 11.6 Å². The Morgan fingerprint density at radius 1 is 1.06 bits per heavy atom. The molecule has 0 saturated heterocycles. The van der Waals surface area contributed by atoms with E-state index < -0.39 is 11.7 Å². The third-order valence-electron chi connectivity index (χ3n) is 5.57. The molecule has 0 bridgehead atoms. The molecular formula is C24H25F3N4. The summed E-state index contributed by atoms with van der Waals surface area (Å²) in [4.78, 5) is 8.13. The van der Waals surface area contributed by atoms with E-state index in [1.807, 2.05) is 49.4 Å². The zero-order valence-corrected chi connectivity index (χ0v) is 17.3. The predicted octanol–water partition coefficient (Wildman–Crippen LogP) is 5.92. The minimum Gasteiger partial charge on any atom is -0.324 e. The number of nitrogens with zero attached hydrogens (tertiary/aromatic N) is 2. The van der Waals surface area contributed by atoms with Crippen molar-refractivity contribution in [2.45, 2.75) is 50.7 Å². The standard InChI is InChI=1S/C24H25F3N4/c1-15(28)16-8-11-19(12-9-16)30-23-29-14-21(24(25,26)27)22(31-23)13-10-17-4-2-3-5-20(17)18-6-7-18/h2-5,8-9,11-12,14-15,18H,6-7,10,13,28H2,1H3,(H,29,30,31). The summed E-state index contributed by atoms with van der Waals surface area (Å²) in [5, 5.41) is 3.00. The van der Waals surface area contributed by atoms with E-state index in [0.717, 1.165) is 30.2 Å². The first-order valence-electron chi connectivity index (χ1n) is 10.4. The van der Waals surface area contributed by atoms with Crippen molar-refractivity contribution in [3.05, 3.63) is 82.7 Å². The highest BCUT2D eigenvalue weighted by atomic mass is 19.4. The number of aryl methyl sites for hydroxylation is 2. The predicted molar refractivity (Wildman–Crippen MR) is 115 cm³/mol. The molecule has 7 heteroatoms. The van der Waals surface area contributed by atoms with Gasteiger partial charge in [0.25, 0.3) is 0 Å². The van der Waals surface area contributed by atoms with Crippen LogP contribution in [0.2, 0.25) is 0 Å². The third kappa shape index (κ3) is 5.22. The lowest BCUT2D eigenvalue weighted by molar-refractivity contribution is -0.138. The monoisotopic (exact) mass is 426 g/mol. The number of rotatable bonds is 7. The SMILES string of the molecule is CC(N)c1ccc(Nc2ncc(C(F)(F)F)c(CCc3ccccc3C3CC3)n2)cc1. The van der Waals surface area contributed by atoms with Gasteiger partial charge in [0.1, 0.15) is 0 Å². The summed E-state index contributed by atoms with van der Waals surface area (Å²) in [6, 6.07) is 15.3. The van der Waals surface area contributed by atoms with Gasteiger partial charge in [0.05, 0.1) is 11.3 Å². The molecule has 1 fully saturated rings. The molecule has 162 valence electrons. The molecular weight excluding hydrogens is 401 g/mol. The van der Waals surface area contributed by atoms with E-state index in [1.54, 1.807) is 0 Å². The summed E-state index contributed by atoms with van der Waals surface area (Å²) in [6.07, 6.45) is -0.631. The first-order valence-corrected chi connectivity index (χ1v) is 10.4. The maximum Gasteiger partial charge on any atom is 0.419 e. The Balaban J connectivity index is 1.56. The molecule has 0 aliphatic heterocycles. The third-order valence-corrected chi connectivity index (χ3v) is 5.57. The Bertz CT molecular complexity index is 1040. The summed E-state index contributed by atoms with van der Waals surface area (Å²) in [5.74, 6) is 0.687. The molecule has 3 N–H and O–H groups in total. The van der Waals surface area contributed by atoms with E-state index in [9.17, 15) is 13.2 Å². The number of alkyl halides is 3. The van der Waals surface area contributed by atoms with Crippen LogP contribution in [0.3, 0.4) is 0 Å². The Morgan fingerprint density at radius 3 is 2.42 bits per heavy atom. The molecule has 1 aromatic heterocycles. The molecule has 3 aromatic rings. The van der Waals surface area contributed by atoms with Gasteiger partial charge in [0, 0.05) is 17.9 Å². The van der Waals surface area contributed by atoms with Crippen LogP contribution in [0, 0.1) is 0 Å². The molecule has 1 saturated carbocycles. The zero-order chi connectivity index (χ0) is 22.0. The number of anilines is 2. The second kappa shape index (κ2) is 8.67. The molecule has 0 radical (unpaired) electrons. The van der Waals surface area contributed by atoms with Gasteiger partial charge in [0.2, 0.25) is 5.95 Å². The maximum absolute atomic E-state index is 13.6. The molecule has 0 spiro atoms. The van der Waals surface area contributed by atoms with Crippen LogP contribution in [0.1, 0.15) is 59.7 Å². The lowest BCUT2D eigenvalue weighted by Crippen LogP contribution is -2.14. The zero-order valence-electron chi connectivity index (χ0n) is 17.3. The van der Waals surface area contributed by atoms with Crippen molar-refractivity contribution in [2.24, 2.45) is 5.73 Å². The van der Waals surface area contributed by atoms with E-state index in [4.69, 9.17) is 5.73 Å². The maximum atomic E-state index is 13.6. The van der Waals surface area contributed by atoms with E-state index in [0.29, 0.717) is 18.0 Å². The Kier molecular flexibility index (Phi) is 5.96. The number of halogens is 3. The molecule has 31 heavy (non-hydrogen) atoms. The summed E-state index contributed by atoms with van der Waals surface area (Å²) in [6.45, 7) is 1.88. The Hall–Kier alpha value is -2.93. The smallest absolute Gasteiger partial charge is 0.324 e. The van der Waals surface area contributed by atoms with Gasteiger partial charge < -0.3 is 11.1 Å². The van der Waals surface area contributed by atoms with Crippen LogP contribution in [0.25, 0.3) is 0 Å². The lowest BCUT2D eigenvalue weighted by Gasteiger charge is -2.15. The van der Waals surface area contributed by atoms with E-state index in [1.165, 1.54) is 5.56 Å². The van der Waals surface area contributed by atoms with Crippen molar-refractivity contribution in [2.75, 3.05) is 5.32 Å². The molecule has 0 amide bonds. The molecule has 4 rings (SSSR count). The lowest BCUT2D eigenvalue weighted by atomic mass is 9.97. The van der Waals surface area contributed by atoms with Gasteiger partial charge >= 0.3 is 6.18 Å². The first-order chi connectivity index (χ1) is 14.8. The average molecular weight is 426 g/mol. The van der Waals surface area contributed by atoms with Gasteiger partial charge in [-0.2, -0.15) is 13.2 Å². The Labute approximate surface area is 179 Å². The minimum absolute atomic E-state index is 0.00259. The highest BCUT2D eigenvalue weighted by molar-refractivity contribution is 5.54. The summed E-state index contributed by atoms with van der Waals surface area (Å²) in [5.41, 5.74) is 9.07. The van der Waals surface area contributed by atoms with Crippen LogP contribution in [-0.2, 0) is 19.0 Å². The second-order valence-electron chi connectivity index (χ2n) is 8.06. The fourth-order valence-electron chi connectivity index (χ4n) is 3.71. The summed E-state index contributed by atoms with van der Waals surface area (Å²) >= 11 is 0. The molecule has 4 nitrogen and oxygen atoms in total. The number of benzene rings is 2. The van der Waals surface area contributed by atoms with Gasteiger partial charge in [-0.15, -0.1) is 0 Å². The van der Waals surface area contributed by atoms with Crippen molar-refractivity contribution in [3.63, 3.8) is 0 Å². The van der Waals surface area contributed by atoms with Gasteiger partial charge in [-0.1, -0.05) is 36.4 Å². The topological polar surface area (TPSA) is 63.8 Å². The Morgan fingerprint density at radius 2 is 1.77 bits per heavy atom. The minimum atomic E-state index is -4.50. The van der Waals surface area contributed by atoms with Crippen LogP contribution >= 0.6 is 0 Å². The van der Waals surface area contributed by atoms with Gasteiger partial charge in [-0.3, -0.25) is 0 Å². The average Bonchev–Trinajstić information content (AvgIpc) is 3.57. The quantitative estimate of drug-likeness (QED) is 0.492. The fourth-order valence-corrected chi connectivity index (χ4v) is 3.71. The van der Waals surface area contributed by atoms with E-state index in [2.05, 4.69) is 21.4 Å². The molecule has 1 heterocycles. The molecule has 1 aliphatic rings. The number of nitrogens with one attached hydrogen (secondary N) is 1. The van der Waals surface area contributed by atoms with Crippen LogP contribution in [-0.4, -0.2) is 9.97 Å². The van der Waals surface area contributed by atoms with Crippen LogP contribution in [0.5, 0.6) is 0 Å². The number of hydrogen-bond acceptors (Lipinski definition) is 4. The van der Waals surface area contributed by atoms with Crippen molar-refractivity contribution < 1.29 is 13.2 Å². The van der Waals surface area contributed by atoms with Gasteiger partial charge in [0.15, 0.2) is 0 Å². The van der Waals surface area contributed by atoms with E-state index in [-0.39, 0.29) is 24.1 Å². The molecule has 1 unspecified atom stereocenters. The van der Waals surface area contributed by atoms with E-state index >= 15 is 0 Å². The molecule has 2 aromatic carbocycles. The van der Waals surface area contributed by atoms with Gasteiger partial charge in [-0.05, 0) is 67.3 Å². The number of nitrogens with two attached hydrogens (primary N) is 1. The van der Waals surface area contributed by atoms with Crippen molar-refractivity contribution in [1.29, 1.82) is 0 Å². The summed E-state index contributed by atoms with van der Waals surface area (Å²) < 4.78 is 40.7. The first kappa shape index (κ1) is 21.3. The molecule has 1 atom stereocenters. The summed E-state index contributed by atoms with van der Waals surface area (Å²) in [7, 11) is 0. The highest BCUT2D eigenvalue weighted by Crippen LogP contribution is 2.42. The largest absolute Gasteiger partial charge is 0.419 e. The molecule has 1 aliphatic carbocycles. The second-order valence-corrected chi connectivity index (χ2v) is 8.06. The van der Waals surface area contributed by atoms with Gasteiger partial charge in [-0.25, -0.2) is 9.97 Å². The van der Waals surface area contributed by atoms with Crippen LogP contribution < -0.4 is 11.1 Å². The van der Waals surface area contributed by atoms with Crippen molar-refractivity contribution in [1.82, 2.24) is 9.97 Å². The number of hydrogen-bond donors (Lipinski definition) is 2. The fraction of sp³-hybridized carbons (Fsp3) is 0.333.